The van der Waals surface area contributed by atoms with Gasteiger partial charge < -0.3 is 24.6 Å². The molecule has 0 aromatic heterocycles. The molecule has 0 spiro atoms. The summed E-state index contributed by atoms with van der Waals surface area (Å²) >= 11 is 0. The van der Waals surface area contributed by atoms with E-state index in [1.54, 1.807) is 12.1 Å². The number of carbonyl (C=O) groups excluding carboxylic acids is 3. The first-order valence-corrected chi connectivity index (χ1v) is 7.78. The van der Waals surface area contributed by atoms with E-state index in [1.807, 2.05) is 18.2 Å². The standard InChI is InChI=1S/C17H23NO7/c1-23-15(20)13(9-6-10-14(19)16(21)24-2)18-17(22)25-11-12-7-4-3-5-8-12/h3-5,7-8,13-14,19H,6,9-11H2,1-2H3,(H,18,22)/t13-,14?/m0/s1. The number of ether oxygens (including phenoxy) is 3. The van der Waals surface area contributed by atoms with Crippen LogP contribution in [-0.2, 0) is 30.4 Å². The molecule has 0 aliphatic rings. The molecule has 1 aromatic rings. The van der Waals surface area contributed by atoms with Crippen molar-refractivity contribution in [2.75, 3.05) is 14.2 Å². The Morgan fingerprint density at radius 3 is 2.28 bits per heavy atom. The van der Waals surface area contributed by atoms with Crippen molar-refractivity contribution in [1.82, 2.24) is 5.32 Å². The summed E-state index contributed by atoms with van der Waals surface area (Å²) in [5.74, 6) is -1.38. The van der Waals surface area contributed by atoms with Crippen LogP contribution in [0.2, 0.25) is 0 Å². The lowest BCUT2D eigenvalue weighted by molar-refractivity contribution is -0.150. The molecule has 8 nitrogen and oxygen atoms in total. The number of carbonyl (C=O) groups is 3. The van der Waals surface area contributed by atoms with E-state index in [-0.39, 0.29) is 19.4 Å². The first-order valence-electron chi connectivity index (χ1n) is 7.78. The monoisotopic (exact) mass is 353 g/mol. The zero-order chi connectivity index (χ0) is 18.7. The zero-order valence-electron chi connectivity index (χ0n) is 14.3. The summed E-state index contributed by atoms with van der Waals surface area (Å²) < 4.78 is 14.1. The fourth-order valence-corrected chi connectivity index (χ4v) is 2.07. The number of aliphatic hydroxyl groups excluding tert-OH is 1. The Balaban J connectivity index is 2.45. The summed E-state index contributed by atoms with van der Waals surface area (Å²) in [5, 5.41) is 11.9. The van der Waals surface area contributed by atoms with Crippen molar-refractivity contribution in [3.05, 3.63) is 35.9 Å². The van der Waals surface area contributed by atoms with Gasteiger partial charge >= 0.3 is 18.0 Å². The average Bonchev–Trinajstić information content (AvgIpc) is 2.64. The first kappa shape index (κ1) is 20.4. The van der Waals surface area contributed by atoms with Crippen LogP contribution in [0.1, 0.15) is 24.8 Å². The molecule has 8 heteroatoms. The van der Waals surface area contributed by atoms with Crippen molar-refractivity contribution in [2.24, 2.45) is 0 Å². The minimum Gasteiger partial charge on any atom is -0.467 e. The summed E-state index contributed by atoms with van der Waals surface area (Å²) in [6, 6.07) is 8.16. The molecule has 0 fully saturated rings. The quantitative estimate of drug-likeness (QED) is 0.506. The molecule has 0 radical (unpaired) electrons. The van der Waals surface area contributed by atoms with Crippen molar-refractivity contribution in [3.8, 4) is 0 Å². The maximum atomic E-state index is 11.8. The van der Waals surface area contributed by atoms with Crippen molar-refractivity contribution in [1.29, 1.82) is 0 Å². The number of methoxy groups -OCH3 is 2. The Hall–Kier alpha value is -2.61. The van der Waals surface area contributed by atoms with Gasteiger partial charge in [-0.15, -0.1) is 0 Å². The van der Waals surface area contributed by atoms with Gasteiger partial charge in [0.2, 0.25) is 0 Å². The second-order valence-corrected chi connectivity index (χ2v) is 5.25. The molecule has 1 rings (SSSR count). The fourth-order valence-electron chi connectivity index (χ4n) is 2.07. The Morgan fingerprint density at radius 1 is 1.04 bits per heavy atom. The second kappa shape index (κ2) is 11.0. The molecule has 25 heavy (non-hydrogen) atoms. The number of hydrogen-bond donors (Lipinski definition) is 2. The number of amides is 1. The highest BCUT2D eigenvalue weighted by atomic mass is 16.6. The molecular weight excluding hydrogens is 330 g/mol. The van der Waals surface area contributed by atoms with E-state index in [1.165, 1.54) is 14.2 Å². The highest BCUT2D eigenvalue weighted by molar-refractivity contribution is 5.81. The van der Waals surface area contributed by atoms with Crippen molar-refractivity contribution >= 4 is 18.0 Å². The van der Waals surface area contributed by atoms with Gasteiger partial charge in [0.05, 0.1) is 14.2 Å². The lowest BCUT2D eigenvalue weighted by atomic mass is 10.1. The summed E-state index contributed by atoms with van der Waals surface area (Å²) in [6.45, 7) is 0.0711. The van der Waals surface area contributed by atoms with E-state index >= 15 is 0 Å². The van der Waals surface area contributed by atoms with E-state index in [9.17, 15) is 19.5 Å². The third-order valence-corrected chi connectivity index (χ3v) is 3.43. The molecule has 0 aliphatic carbocycles. The SMILES string of the molecule is COC(=O)C(O)CCC[C@H](NC(=O)OCc1ccccc1)C(=O)OC. The smallest absolute Gasteiger partial charge is 0.408 e. The maximum Gasteiger partial charge on any atom is 0.408 e. The number of aliphatic hydroxyl groups is 1. The van der Waals surface area contributed by atoms with Crippen LogP contribution in [0.15, 0.2) is 30.3 Å². The molecule has 0 saturated carbocycles. The third kappa shape index (κ3) is 7.67. The topological polar surface area (TPSA) is 111 Å². The highest BCUT2D eigenvalue weighted by Gasteiger charge is 2.23. The van der Waals surface area contributed by atoms with Gasteiger partial charge in [0, 0.05) is 0 Å². The summed E-state index contributed by atoms with van der Waals surface area (Å²) in [5.41, 5.74) is 0.813. The Morgan fingerprint density at radius 2 is 1.68 bits per heavy atom. The summed E-state index contributed by atoms with van der Waals surface area (Å²) in [4.78, 5) is 34.7. The van der Waals surface area contributed by atoms with E-state index in [4.69, 9.17) is 4.74 Å². The summed E-state index contributed by atoms with van der Waals surface area (Å²) in [6.07, 6.45) is -1.45. The van der Waals surface area contributed by atoms with Gasteiger partial charge in [0.15, 0.2) is 6.10 Å². The zero-order valence-corrected chi connectivity index (χ0v) is 14.3. The molecule has 0 bridgehead atoms. The van der Waals surface area contributed by atoms with Gasteiger partial charge in [-0.1, -0.05) is 30.3 Å². The predicted octanol–water partition coefficient (Wildman–Crippen LogP) is 1.16. The molecular formula is C17H23NO7. The minimum absolute atomic E-state index is 0.0711. The molecule has 2 atom stereocenters. The maximum absolute atomic E-state index is 11.8. The van der Waals surface area contributed by atoms with Gasteiger partial charge in [-0.25, -0.2) is 14.4 Å². The van der Waals surface area contributed by atoms with Crippen molar-refractivity contribution < 1.29 is 33.7 Å². The van der Waals surface area contributed by atoms with E-state index in [2.05, 4.69) is 14.8 Å². The van der Waals surface area contributed by atoms with Crippen LogP contribution in [0.3, 0.4) is 0 Å². The highest BCUT2D eigenvalue weighted by Crippen LogP contribution is 2.08. The van der Waals surface area contributed by atoms with E-state index in [0.717, 1.165) is 5.56 Å². The van der Waals surface area contributed by atoms with Crippen LogP contribution < -0.4 is 5.32 Å². The lowest BCUT2D eigenvalue weighted by Gasteiger charge is -2.17. The molecule has 0 heterocycles. The molecule has 1 aromatic carbocycles. The van der Waals surface area contributed by atoms with Crippen molar-refractivity contribution in [2.45, 2.75) is 38.0 Å². The van der Waals surface area contributed by atoms with Gasteiger partial charge in [-0.2, -0.15) is 0 Å². The predicted molar refractivity (Wildman–Crippen MR) is 87.4 cm³/mol. The molecule has 1 amide bonds. The average molecular weight is 353 g/mol. The largest absolute Gasteiger partial charge is 0.467 e. The number of alkyl carbamates (subject to hydrolysis) is 1. The number of esters is 2. The van der Waals surface area contributed by atoms with Crippen LogP contribution in [0.4, 0.5) is 4.79 Å². The Kier molecular flexibility index (Phi) is 9.02. The molecule has 0 saturated heterocycles. The van der Waals surface area contributed by atoms with Gasteiger partial charge in [0.1, 0.15) is 12.6 Å². The first-order chi connectivity index (χ1) is 12.0. The minimum atomic E-state index is -1.27. The Labute approximate surface area is 146 Å². The van der Waals surface area contributed by atoms with Gasteiger partial charge in [0.25, 0.3) is 0 Å². The van der Waals surface area contributed by atoms with Gasteiger partial charge in [-0.3, -0.25) is 0 Å². The second-order valence-electron chi connectivity index (χ2n) is 5.25. The number of nitrogens with one attached hydrogen (secondary N) is 1. The van der Waals surface area contributed by atoms with E-state index in [0.29, 0.717) is 6.42 Å². The van der Waals surface area contributed by atoms with Crippen LogP contribution in [0, 0.1) is 0 Å². The number of rotatable bonds is 9. The Bertz CT molecular complexity index is 561. The van der Waals surface area contributed by atoms with Crippen LogP contribution in [0.25, 0.3) is 0 Å². The van der Waals surface area contributed by atoms with Crippen LogP contribution in [0.5, 0.6) is 0 Å². The third-order valence-electron chi connectivity index (χ3n) is 3.43. The summed E-state index contributed by atoms with van der Waals surface area (Å²) in [7, 11) is 2.38. The molecule has 2 N–H and O–H groups in total. The number of benzene rings is 1. The van der Waals surface area contributed by atoms with E-state index < -0.39 is 30.2 Å². The van der Waals surface area contributed by atoms with Crippen LogP contribution >= 0.6 is 0 Å². The molecule has 0 aliphatic heterocycles. The molecule has 1 unspecified atom stereocenters. The molecule has 138 valence electrons. The van der Waals surface area contributed by atoms with Crippen molar-refractivity contribution in [3.63, 3.8) is 0 Å². The lowest BCUT2D eigenvalue weighted by Crippen LogP contribution is -2.41. The normalized spacial score (nSPS) is 12.6. The fraction of sp³-hybridized carbons (Fsp3) is 0.471. The van der Waals surface area contributed by atoms with Crippen LogP contribution in [-0.4, -0.2) is 49.5 Å². The number of hydrogen-bond acceptors (Lipinski definition) is 7. The van der Waals surface area contributed by atoms with Gasteiger partial charge in [-0.05, 0) is 24.8 Å².